The van der Waals surface area contributed by atoms with Crippen molar-refractivity contribution in [2.45, 2.75) is 19.9 Å². The Kier molecular flexibility index (Phi) is 3.76. The molecule has 19 heavy (non-hydrogen) atoms. The Hall–Kier alpha value is -2.01. The monoisotopic (exact) mass is 280 g/mol. The summed E-state index contributed by atoms with van der Waals surface area (Å²) in [5, 5.41) is 12.1. The number of carboxylic acid groups (broad SMARTS) is 1. The van der Waals surface area contributed by atoms with E-state index in [2.05, 4.69) is 10.3 Å². The van der Waals surface area contributed by atoms with Crippen LogP contribution in [0.25, 0.3) is 0 Å². The number of carboxylic acids is 1. The van der Waals surface area contributed by atoms with Crippen LogP contribution < -0.4 is 5.32 Å². The Morgan fingerprint density at radius 1 is 1.42 bits per heavy atom. The molecule has 0 aliphatic heterocycles. The highest BCUT2D eigenvalue weighted by Crippen LogP contribution is 2.22. The fourth-order valence-corrected chi connectivity index (χ4v) is 1.84. The minimum absolute atomic E-state index is 0.111. The summed E-state index contributed by atoms with van der Waals surface area (Å²) < 4.78 is 5.49. The summed E-state index contributed by atoms with van der Waals surface area (Å²) in [4.78, 5) is 14.9. The number of hydrogen-bond donors (Lipinski definition) is 2. The molecular formula is C13H13ClN2O3. The number of halogens is 1. The number of nitrogens with zero attached hydrogens (tertiary/aromatic N) is 1. The summed E-state index contributed by atoms with van der Waals surface area (Å²) in [6.45, 7) is 3.76. The van der Waals surface area contributed by atoms with Gasteiger partial charge in [0.05, 0.1) is 11.1 Å². The lowest BCUT2D eigenvalue weighted by atomic mass is 10.2. The summed E-state index contributed by atoms with van der Waals surface area (Å²) in [6.07, 6.45) is 0. The third-order valence-corrected chi connectivity index (χ3v) is 2.91. The molecule has 0 fully saturated rings. The van der Waals surface area contributed by atoms with E-state index in [4.69, 9.17) is 21.1 Å². The molecule has 6 heteroatoms. The van der Waals surface area contributed by atoms with E-state index < -0.39 is 5.97 Å². The molecule has 0 bridgehead atoms. The van der Waals surface area contributed by atoms with Gasteiger partial charge in [0, 0.05) is 0 Å². The number of furan rings is 1. The molecule has 0 amide bonds. The largest absolute Gasteiger partial charge is 0.476 e. The fraction of sp³-hybridized carbons (Fsp3) is 0.231. The van der Waals surface area contributed by atoms with Gasteiger partial charge in [0.15, 0.2) is 5.69 Å². The van der Waals surface area contributed by atoms with Crippen molar-refractivity contribution in [2.24, 2.45) is 0 Å². The quantitative estimate of drug-likeness (QED) is 0.896. The Bertz CT molecular complexity index is 610. The number of rotatable bonds is 4. The first-order valence-corrected chi connectivity index (χ1v) is 6.08. The maximum absolute atomic E-state index is 10.9. The van der Waals surface area contributed by atoms with Crippen LogP contribution in [0.4, 0.5) is 5.82 Å². The molecule has 5 nitrogen and oxygen atoms in total. The Morgan fingerprint density at radius 3 is 2.74 bits per heavy atom. The first kappa shape index (κ1) is 13.4. The van der Waals surface area contributed by atoms with E-state index in [1.807, 2.05) is 26.0 Å². The number of aromatic carboxylic acids is 1. The molecule has 2 rings (SSSR count). The van der Waals surface area contributed by atoms with Crippen LogP contribution in [0.5, 0.6) is 0 Å². The maximum Gasteiger partial charge on any atom is 0.356 e. The van der Waals surface area contributed by atoms with Crippen molar-refractivity contribution in [1.82, 2.24) is 4.98 Å². The van der Waals surface area contributed by atoms with Crippen LogP contribution in [-0.2, 0) is 0 Å². The van der Waals surface area contributed by atoms with Gasteiger partial charge in [-0.05, 0) is 38.1 Å². The summed E-state index contributed by atoms with van der Waals surface area (Å²) in [5.41, 5.74) is -0.172. The molecule has 2 N–H and O–H groups in total. The van der Waals surface area contributed by atoms with E-state index in [0.29, 0.717) is 5.82 Å². The molecule has 0 aliphatic rings. The minimum atomic E-state index is -1.16. The van der Waals surface area contributed by atoms with Crippen molar-refractivity contribution in [3.63, 3.8) is 0 Å². The molecule has 2 heterocycles. The van der Waals surface area contributed by atoms with E-state index in [1.54, 1.807) is 6.07 Å². The van der Waals surface area contributed by atoms with Crippen LogP contribution in [0.1, 0.15) is 35.0 Å². The van der Waals surface area contributed by atoms with Gasteiger partial charge in [0.1, 0.15) is 17.3 Å². The lowest BCUT2D eigenvalue weighted by Gasteiger charge is -2.12. The number of aryl methyl sites for hydroxylation is 1. The Labute approximate surface area is 115 Å². The first-order valence-electron chi connectivity index (χ1n) is 5.70. The van der Waals surface area contributed by atoms with Crippen LogP contribution in [-0.4, -0.2) is 16.1 Å². The number of nitrogens with one attached hydrogen (secondary N) is 1. The molecule has 0 saturated heterocycles. The summed E-state index contributed by atoms with van der Waals surface area (Å²) in [6, 6.07) is 6.73. The second-order valence-electron chi connectivity index (χ2n) is 4.15. The lowest BCUT2D eigenvalue weighted by Crippen LogP contribution is -2.10. The lowest BCUT2D eigenvalue weighted by molar-refractivity contribution is 0.0691. The van der Waals surface area contributed by atoms with Crippen molar-refractivity contribution < 1.29 is 14.3 Å². The summed E-state index contributed by atoms with van der Waals surface area (Å²) >= 11 is 5.76. The minimum Gasteiger partial charge on any atom is -0.476 e. The zero-order chi connectivity index (χ0) is 14.0. The normalized spacial score (nSPS) is 12.2. The number of hydrogen-bond acceptors (Lipinski definition) is 4. The van der Waals surface area contributed by atoms with Crippen molar-refractivity contribution in [2.75, 3.05) is 5.32 Å². The third kappa shape index (κ3) is 3.06. The highest BCUT2D eigenvalue weighted by molar-refractivity contribution is 6.33. The van der Waals surface area contributed by atoms with Gasteiger partial charge in [-0.2, -0.15) is 0 Å². The Balaban J connectivity index is 2.19. The Morgan fingerprint density at radius 2 is 2.16 bits per heavy atom. The van der Waals surface area contributed by atoms with E-state index in [1.165, 1.54) is 6.07 Å². The van der Waals surface area contributed by atoms with Gasteiger partial charge in [-0.25, -0.2) is 9.78 Å². The van der Waals surface area contributed by atoms with Crippen LogP contribution in [0.3, 0.4) is 0 Å². The topological polar surface area (TPSA) is 75.4 Å². The highest BCUT2D eigenvalue weighted by atomic mass is 35.5. The van der Waals surface area contributed by atoms with Crippen molar-refractivity contribution >= 4 is 23.4 Å². The molecule has 0 radical (unpaired) electrons. The third-order valence-electron chi connectivity index (χ3n) is 2.60. The molecule has 0 aromatic carbocycles. The fourth-order valence-electron chi connectivity index (χ4n) is 1.65. The van der Waals surface area contributed by atoms with Gasteiger partial charge in [-0.15, -0.1) is 0 Å². The van der Waals surface area contributed by atoms with E-state index in [0.717, 1.165) is 11.5 Å². The average Bonchev–Trinajstić information content (AvgIpc) is 2.78. The van der Waals surface area contributed by atoms with Crippen LogP contribution in [0.15, 0.2) is 28.7 Å². The van der Waals surface area contributed by atoms with Crippen LogP contribution in [0.2, 0.25) is 5.02 Å². The smallest absolute Gasteiger partial charge is 0.356 e. The summed E-state index contributed by atoms with van der Waals surface area (Å²) in [7, 11) is 0. The van der Waals surface area contributed by atoms with Gasteiger partial charge < -0.3 is 14.8 Å². The SMILES string of the molecule is Cc1ccc(C(C)Nc2ccc(Cl)c(C(=O)O)n2)o1. The number of anilines is 1. The van der Waals surface area contributed by atoms with E-state index >= 15 is 0 Å². The molecule has 2 aromatic heterocycles. The maximum atomic E-state index is 10.9. The average molecular weight is 281 g/mol. The van der Waals surface area contributed by atoms with Crippen molar-refractivity contribution in [3.05, 3.63) is 46.5 Å². The standard InChI is InChI=1S/C13H13ClN2O3/c1-7-3-5-10(19-7)8(2)15-11-6-4-9(14)12(16-11)13(17)18/h3-6,8H,1-2H3,(H,15,16)(H,17,18). The highest BCUT2D eigenvalue weighted by Gasteiger charge is 2.14. The molecule has 1 unspecified atom stereocenters. The van der Waals surface area contributed by atoms with E-state index in [9.17, 15) is 4.79 Å². The van der Waals surface area contributed by atoms with Gasteiger partial charge in [-0.1, -0.05) is 11.6 Å². The van der Waals surface area contributed by atoms with Crippen molar-refractivity contribution in [1.29, 1.82) is 0 Å². The second kappa shape index (κ2) is 5.32. The van der Waals surface area contributed by atoms with Crippen molar-refractivity contribution in [3.8, 4) is 0 Å². The predicted molar refractivity (Wildman–Crippen MR) is 71.7 cm³/mol. The zero-order valence-corrected chi connectivity index (χ0v) is 11.2. The number of carbonyl (C=O) groups is 1. The summed E-state index contributed by atoms with van der Waals surface area (Å²) in [5.74, 6) is 0.851. The van der Waals surface area contributed by atoms with Crippen LogP contribution >= 0.6 is 11.6 Å². The molecular weight excluding hydrogens is 268 g/mol. The predicted octanol–water partition coefficient (Wildman–Crippen LogP) is 3.51. The molecule has 0 saturated carbocycles. The van der Waals surface area contributed by atoms with Gasteiger partial charge >= 0.3 is 5.97 Å². The number of pyridine rings is 1. The second-order valence-corrected chi connectivity index (χ2v) is 4.55. The first-order chi connectivity index (χ1) is 8.97. The molecule has 0 aliphatic carbocycles. The zero-order valence-electron chi connectivity index (χ0n) is 10.5. The van der Waals surface area contributed by atoms with Gasteiger partial charge in [0.2, 0.25) is 0 Å². The molecule has 2 aromatic rings. The number of aromatic nitrogens is 1. The molecule has 100 valence electrons. The molecule has 0 spiro atoms. The molecule has 1 atom stereocenters. The van der Waals surface area contributed by atoms with E-state index in [-0.39, 0.29) is 16.8 Å². The van der Waals surface area contributed by atoms with Crippen LogP contribution in [0, 0.1) is 6.92 Å². The van der Waals surface area contributed by atoms with Gasteiger partial charge in [0.25, 0.3) is 0 Å². The van der Waals surface area contributed by atoms with Gasteiger partial charge in [-0.3, -0.25) is 0 Å².